The van der Waals surface area contributed by atoms with Gasteiger partial charge in [0.2, 0.25) is 0 Å². The molecule has 0 aliphatic carbocycles. The number of nitrogens with two attached hydrogens (primary N) is 1. The maximum Gasteiger partial charge on any atom is 0.0702 e. The molecule has 1 aromatic carbocycles. The number of rotatable bonds is 2. The zero-order valence-corrected chi connectivity index (χ0v) is 8.35. The van der Waals surface area contributed by atoms with E-state index in [-0.39, 0.29) is 6.04 Å². The van der Waals surface area contributed by atoms with Gasteiger partial charge in [-0.3, -0.25) is 4.98 Å². The fourth-order valence-corrected chi connectivity index (χ4v) is 1.57. The summed E-state index contributed by atoms with van der Waals surface area (Å²) in [5.74, 6) is 2.57. The quantitative estimate of drug-likeness (QED) is 0.748. The number of hydrogen-bond acceptors (Lipinski definition) is 2. The number of aromatic nitrogens is 1. The lowest BCUT2D eigenvalue weighted by molar-refractivity contribution is 0.756. The standard InChI is InChI=1S/C13H12N2/c1-2-4-12(14)10-6-7-13-11(9-10)5-3-8-15-13/h1,3,5-9,12H,4,14H2. The fourth-order valence-electron chi connectivity index (χ4n) is 1.57. The fraction of sp³-hybridized carbons (Fsp3) is 0.154. The first-order valence-electron chi connectivity index (χ1n) is 4.85. The summed E-state index contributed by atoms with van der Waals surface area (Å²) in [6.45, 7) is 0. The summed E-state index contributed by atoms with van der Waals surface area (Å²) >= 11 is 0. The Morgan fingerprint density at radius 1 is 1.40 bits per heavy atom. The van der Waals surface area contributed by atoms with Crippen molar-refractivity contribution in [3.8, 4) is 12.3 Å². The average Bonchev–Trinajstić information content (AvgIpc) is 2.29. The lowest BCUT2D eigenvalue weighted by Crippen LogP contribution is -2.08. The van der Waals surface area contributed by atoms with Crippen molar-refractivity contribution in [1.29, 1.82) is 0 Å². The van der Waals surface area contributed by atoms with E-state index in [9.17, 15) is 0 Å². The molecule has 1 aromatic heterocycles. The van der Waals surface area contributed by atoms with Crippen molar-refractivity contribution in [1.82, 2.24) is 4.98 Å². The largest absolute Gasteiger partial charge is 0.323 e. The van der Waals surface area contributed by atoms with Gasteiger partial charge < -0.3 is 5.73 Å². The van der Waals surface area contributed by atoms with E-state index in [1.54, 1.807) is 6.20 Å². The average molecular weight is 196 g/mol. The molecular formula is C13H12N2. The van der Waals surface area contributed by atoms with E-state index in [4.69, 9.17) is 12.2 Å². The van der Waals surface area contributed by atoms with E-state index in [0.29, 0.717) is 6.42 Å². The highest BCUT2D eigenvalue weighted by atomic mass is 14.6. The molecule has 2 heteroatoms. The van der Waals surface area contributed by atoms with E-state index in [2.05, 4.69) is 10.9 Å². The van der Waals surface area contributed by atoms with Crippen molar-refractivity contribution >= 4 is 10.9 Å². The van der Waals surface area contributed by atoms with Gasteiger partial charge in [0.15, 0.2) is 0 Å². The van der Waals surface area contributed by atoms with Crippen molar-refractivity contribution in [3.05, 3.63) is 42.1 Å². The Labute approximate surface area is 89.1 Å². The molecule has 1 atom stereocenters. The third kappa shape index (κ3) is 1.98. The summed E-state index contributed by atoms with van der Waals surface area (Å²) in [5, 5.41) is 1.10. The Kier molecular flexibility index (Phi) is 2.66. The first-order chi connectivity index (χ1) is 7.31. The van der Waals surface area contributed by atoms with Crippen molar-refractivity contribution < 1.29 is 0 Å². The lowest BCUT2D eigenvalue weighted by atomic mass is 10.0. The van der Waals surface area contributed by atoms with Crippen LogP contribution in [0.5, 0.6) is 0 Å². The summed E-state index contributed by atoms with van der Waals surface area (Å²) in [6.07, 6.45) is 7.58. The Morgan fingerprint density at radius 2 is 2.27 bits per heavy atom. The van der Waals surface area contributed by atoms with Crippen LogP contribution in [0.3, 0.4) is 0 Å². The summed E-state index contributed by atoms with van der Waals surface area (Å²) in [4.78, 5) is 4.25. The molecule has 0 saturated carbocycles. The topological polar surface area (TPSA) is 38.9 Å². The van der Waals surface area contributed by atoms with Gasteiger partial charge >= 0.3 is 0 Å². The summed E-state index contributed by atoms with van der Waals surface area (Å²) < 4.78 is 0. The Balaban J connectivity index is 2.43. The van der Waals surface area contributed by atoms with Gasteiger partial charge in [0.25, 0.3) is 0 Å². The predicted octanol–water partition coefficient (Wildman–Crippen LogP) is 2.26. The van der Waals surface area contributed by atoms with Crippen molar-refractivity contribution in [3.63, 3.8) is 0 Å². The molecule has 0 spiro atoms. The molecule has 0 bridgehead atoms. The minimum Gasteiger partial charge on any atom is -0.323 e. The minimum absolute atomic E-state index is 0.0837. The van der Waals surface area contributed by atoms with Gasteiger partial charge in [-0.25, -0.2) is 0 Å². The van der Waals surface area contributed by atoms with Gasteiger partial charge in [-0.2, -0.15) is 0 Å². The van der Waals surface area contributed by atoms with Crippen LogP contribution in [0, 0.1) is 12.3 Å². The maximum absolute atomic E-state index is 5.93. The third-order valence-corrected chi connectivity index (χ3v) is 2.39. The second kappa shape index (κ2) is 4.12. The second-order valence-corrected chi connectivity index (χ2v) is 3.47. The van der Waals surface area contributed by atoms with Crippen molar-refractivity contribution in [2.24, 2.45) is 5.73 Å². The van der Waals surface area contributed by atoms with Crippen LogP contribution in [0.15, 0.2) is 36.5 Å². The van der Waals surface area contributed by atoms with Gasteiger partial charge in [-0.1, -0.05) is 12.1 Å². The number of nitrogens with zero attached hydrogens (tertiary/aromatic N) is 1. The molecule has 2 nitrogen and oxygen atoms in total. The van der Waals surface area contributed by atoms with Gasteiger partial charge in [-0.05, 0) is 23.8 Å². The van der Waals surface area contributed by atoms with Crippen LogP contribution >= 0.6 is 0 Å². The van der Waals surface area contributed by atoms with E-state index in [0.717, 1.165) is 16.5 Å². The van der Waals surface area contributed by atoms with E-state index >= 15 is 0 Å². The van der Waals surface area contributed by atoms with E-state index < -0.39 is 0 Å². The van der Waals surface area contributed by atoms with Gasteiger partial charge in [-0.15, -0.1) is 12.3 Å². The minimum atomic E-state index is -0.0837. The molecule has 0 aliphatic rings. The SMILES string of the molecule is C#CCC(N)c1ccc2ncccc2c1. The van der Waals surface area contributed by atoms with Gasteiger partial charge in [0.05, 0.1) is 5.52 Å². The monoisotopic (exact) mass is 196 g/mol. The summed E-state index contributed by atoms with van der Waals surface area (Å²) in [5.41, 5.74) is 7.98. The Hall–Kier alpha value is -1.85. The highest BCUT2D eigenvalue weighted by molar-refractivity contribution is 5.79. The Morgan fingerprint density at radius 3 is 3.07 bits per heavy atom. The highest BCUT2D eigenvalue weighted by Crippen LogP contribution is 2.19. The van der Waals surface area contributed by atoms with Gasteiger partial charge in [0.1, 0.15) is 0 Å². The maximum atomic E-state index is 5.93. The predicted molar refractivity (Wildman–Crippen MR) is 62.1 cm³/mol. The molecule has 2 aromatic rings. The molecule has 1 unspecified atom stereocenters. The number of terminal acetylenes is 1. The molecule has 0 saturated heterocycles. The van der Waals surface area contributed by atoms with Crippen LogP contribution < -0.4 is 5.73 Å². The van der Waals surface area contributed by atoms with Crippen molar-refractivity contribution in [2.75, 3.05) is 0 Å². The summed E-state index contributed by atoms with van der Waals surface area (Å²) in [7, 11) is 0. The normalized spacial score (nSPS) is 12.3. The molecule has 1 heterocycles. The zero-order chi connectivity index (χ0) is 10.7. The smallest absolute Gasteiger partial charge is 0.0702 e. The third-order valence-electron chi connectivity index (χ3n) is 2.39. The first-order valence-corrected chi connectivity index (χ1v) is 4.85. The zero-order valence-electron chi connectivity index (χ0n) is 8.35. The molecule has 0 radical (unpaired) electrons. The summed E-state index contributed by atoms with van der Waals surface area (Å²) in [6, 6.07) is 9.86. The molecule has 15 heavy (non-hydrogen) atoms. The first kappa shape index (κ1) is 9.70. The molecular weight excluding hydrogens is 184 g/mol. The lowest BCUT2D eigenvalue weighted by Gasteiger charge is -2.09. The molecule has 0 amide bonds. The van der Waals surface area contributed by atoms with Crippen LogP contribution in [0.25, 0.3) is 10.9 Å². The number of pyridine rings is 1. The van der Waals surface area contributed by atoms with Crippen molar-refractivity contribution in [2.45, 2.75) is 12.5 Å². The van der Waals surface area contributed by atoms with Crippen LogP contribution in [-0.4, -0.2) is 4.98 Å². The van der Waals surface area contributed by atoms with E-state index in [1.165, 1.54) is 0 Å². The second-order valence-electron chi connectivity index (χ2n) is 3.47. The molecule has 0 fully saturated rings. The van der Waals surface area contributed by atoms with Gasteiger partial charge in [0, 0.05) is 24.0 Å². The molecule has 2 rings (SSSR count). The van der Waals surface area contributed by atoms with Crippen LogP contribution in [-0.2, 0) is 0 Å². The molecule has 0 aliphatic heterocycles. The highest BCUT2D eigenvalue weighted by Gasteiger charge is 2.04. The number of hydrogen-bond donors (Lipinski definition) is 1. The number of benzene rings is 1. The van der Waals surface area contributed by atoms with Crippen LogP contribution in [0.1, 0.15) is 18.0 Å². The Bertz CT molecular complexity index is 511. The number of fused-ring (bicyclic) bond motifs is 1. The molecule has 74 valence electrons. The van der Waals surface area contributed by atoms with E-state index in [1.807, 2.05) is 30.3 Å². The molecule has 2 N–H and O–H groups in total. The van der Waals surface area contributed by atoms with Crippen LogP contribution in [0.2, 0.25) is 0 Å². The van der Waals surface area contributed by atoms with Crippen LogP contribution in [0.4, 0.5) is 0 Å².